The van der Waals surface area contributed by atoms with Gasteiger partial charge in [-0.25, -0.2) is 0 Å². The zero-order chi connectivity index (χ0) is 12.3. The third-order valence-corrected chi connectivity index (χ3v) is 4.36. The predicted molar refractivity (Wildman–Crippen MR) is 73.7 cm³/mol. The molecule has 0 bridgehead atoms. The quantitative estimate of drug-likeness (QED) is 0.782. The molecule has 1 aromatic carbocycles. The maximum atomic E-state index is 5.95. The number of rotatable bonds is 4. The van der Waals surface area contributed by atoms with Crippen molar-refractivity contribution in [3.63, 3.8) is 0 Å². The summed E-state index contributed by atoms with van der Waals surface area (Å²) in [7, 11) is 0. The van der Waals surface area contributed by atoms with Crippen LogP contribution in [0.2, 0.25) is 0 Å². The lowest BCUT2D eigenvalue weighted by Gasteiger charge is -2.21. The van der Waals surface area contributed by atoms with Gasteiger partial charge in [0.1, 0.15) is 0 Å². The molecule has 0 heterocycles. The van der Waals surface area contributed by atoms with Crippen LogP contribution in [0.4, 0.5) is 5.69 Å². The van der Waals surface area contributed by atoms with E-state index in [2.05, 4.69) is 31.3 Å². The number of nitrogens with two attached hydrogens (primary N) is 1. The molecule has 0 aliphatic heterocycles. The topological polar surface area (TPSA) is 38.0 Å². The van der Waals surface area contributed by atoms with Gasteiger partial charge in [0.25, 0.3) is 0 Å². The van der Waals surface area contributed by atoms with Crippen molar-refractivity contribution in [2.45, 2.75) is 45.7 Å². The Morgan fingerprint density at radius 3 is 2.71 bits per heavy atom. The summed E-state index contributed by atoms with van der Waals surface area (Å²) in [4.78, 5) is 0. The highest BCUT2D eigenvalue weighted by Crippen LogP contribution is 2.34. The van der Waals surface area contributed by atoms with E-state index >= 15 is 0 Å². The standard InChI is InChI=1S/C15H24N2/c1-3-12-8-9-15(11(12)2)17-10-13-6-4-5-7-14(13)16/h4-7,11-12,15,17H,3,8-10,16H2,1-2H3. The van der Waals surface area contributed by atoms with E-state index in [-0.39, 0.29) is 0 Å². The lowest BCUT2D eigenvalue weighted by molar-refractivity contribution is 0.344. The third kappa shape index (κ3) is 2.81. The molecule has 94 valence electrons. The highest BCUT2D eigenvalue weighted by Gasteiger charge is 2.30. The van der Waals surface area contributed by atoms with E-state index in [0.29, 0.717) is 6.04 Å². The van der Waals surface area contributed by atoms with Crippen LogP contribution in [0.15, 0.2) is 24.3 Å². The molecule has 0 amide bonds. The molecule has 1 aliphatic rings. The number of nitrogen functional groups attached to an aromatic ring is 1. The molecule has 2 heteroatoms. The zero-order valence-corrected chi connectivity index (χ0v) is 10.9. The van der Waals surface area contributed by atoms with E-state index in [1.807, 2.05) is 12.1 Å². The molecule has 0 spiro atoms. The molecule has 3 unspecified atom stereocenters. The Labute approximate surface area is 105 Å². The molecule has 1 aromatic rings. The number of hydrogen-bond donors (Lipinski definition) is 2. The Kier molecular flexibility index (Phi) is 4.06. The average Bonchev–Trinajstić information content (AvgIpc) is 2.69. The summed E-state index contributed by atoms with van der Waals surface area (Å²) in [5.74, 6) is 1.70. The fourth-order valence-corrected chi connectivity index (χ4v) is 3.05. The van der Waals surface area contributed by atoms with Crippen LogP contribution in [-0.2, 0) is 6.54 Å². The second-order valence-corrected chi connectivity index (χ2v) is 5.29. The molecule has 3 N–H and O–H groups in total. The first-order chi connectivity index (χ1) is 8.22. The molecule has 1 aliphatic carbocycles. The van der Waals surface area contributed by atoms with Gasteiger partial charge in [0.15, 0.2) is 0 Å². The molecule has 0 saturated heterocycles. The summed E-state index contributed by atoms with van der Waals surface area (Å²) in [6.45, 7) is 5.59. The van der Waals surface area contributed by atoms with Crippen molar-refractivity contribution < 1.29 is 0 Å². The highest BCUT2D eigenvalue weighted by molar-refractivity contribution is 5.46. The minimum Gasteiger partial charge on any atom is -0.398 e. The fourth-order valence-electron chi connectivity index (χ4n) is 3.05. The van der Waals surface area contributed by atoms with E-state index in [4.69, 9.17) is 5.73 Å². The average molecular weight is 232 g/mol. The van der Waals surface area contributed by atoms with Crippen molar-refractivity contribution in [2.24, 2.45) is 11.8 Å². The SMILES string of the molecule is CCC1CCC(NCc2ccccc2N)C1C. The van der Waals surface area contributed by atoms with Crippen LogP contribution in [0, 0.1) is 11.8 Å². The molecule has 3 atom stereocenters. The van der Waals surface area contributed by atoms with E-state index in [9.17, 15) is 0 Å². The fraction of sp³-hybridized carbons (Fsp3) is 0.600. The minimum absolute atomic E-state index is 0.666. The van der Waals surface area contributed by atoms with Gasteiger partial charge in [-0.1, -0.05) is 38.5 Å². The van der Waals surface area contributed by atoms with Gasteiger partial charge < -0.3 is 11.1 Å². The number of hydrogen-bond acceptors (Lipinski definition) is 2. The highest BCUT2D eigenvalue weighted by atomic mass is 14.9. The van der Waals surface area contributed by atoms with Crippen molar-refractivity contribution in [1.82, 2.24) is 5.32 Å². The van der Waals surface area contributed by atoms with Gasteiger partial charge in [-0.3, -0.25) is 0 Å². The largest absolute Gasteiger partial charge is 0.398 e. The molecular weight excluding hydrogens is 208 g/mol. The Morgan fingerprint density at radius 1 is 1.29 bits per heavy atom. The molecule has 1 fully saturated rings. The van der Waals surface area contributed by atoms with Crippen LogP contribution in [0.5, 0.6) is 0 Å². The number of anilines is 1. The Morgan fingerprint density at radius 2 is 2.06 bits per heavy atom. The monoisotopic (exact) mass is 232 g/mol. The van der Waals surface area contributed by atoms with Gasteiger partial charge in [0.05, 0.1) is 0 Å². The van der Waals surface area contributed by atoms with Crippen molar-refractivity contribution in [1.29, 1.82) is 0 Å². The van der Waals surface area contributed by atoms with Crippen LogP contribution in [-0.4, -0.2) is 6.04 Å². The molecule has 2 nitrogen and oxygen atoms in total. The van der Waals surface area contributed by atoms with Crippen LogP contribution in [0.25, 0.3) is 0 Å². The predicted octanol–water partition coefficient (Wildman–Crippen LogP) is 3.18. The maximum Gasteiger partial charge on any atom is 0.0359 e. The summed E-state index contributed by atoms with van der Waals surface area (Å²) in [6, 6.07) is 8.80. The first-order valence-electron chi connectivity index (χ1n) is 6.79. The summed E-state index contributed by atoms with van der Waals surface area (Å²) in [5.41, 5.74) is 8.08. The second-order valence-electron chi connectivity index (χ2n) is 5.29. The molecule has 1 saturated carbocycles. The number of benzene rings is 1. The summed E-state index contributed by atoms with van der Waals surface area (Å²) < 4.78 is 0. The van der Waals surface area contributed by atoms with Crippen molar-refractivity contribution in [3.05, 3.63) is 29.8 Å². The van der Waals surface area contributed by atoms with Crippen LogP contribution in [0.1, 0.15) is 38.7 Å². The van der Waals surface area contributed by atoms with Crippen molar-refractivity contribution >= 4 is 5.69 Å². The number of para-hydroxylation sites is 1. The summed E-state index contributed by atoms with van der Waals surface area (Å²) in [6.07, 6.45) is 4.00. The van der Waals surface area contributed by atoms with Crippen molar-refractivity contribution in [2.75, 3.05) is 5.73 Å². The number of nitrogens with one attached hydrogen (secondary N) is 1. The van der Waals surface area contributed by atoms with Gasteiger partial charge in [-0.15, -0.1) is 0 Å². The Bertz CT molecular complexity index is 362. The van der Waals surface area contributed by atoms with Gasteiger partial charge in [0.2, 0.25) is 0 Å². The van der Waals surface area contributed by atoms with Crippen molar-refractivity contribution in [3.8, 4) is 0 Å². The molecule has 17 heavy (non-hydrogen) atoms. The maximum absolute atomic E-state index is 5.95. The smallest absolute Gasteiger partial charge is 0.0359 e. The Hall–Kier alpha value is -1.02. The van der Waals surface area contributed by atoms with Gasteiger partial charge in [0, 0.05) is 18.3 Å². The van der Waals surface area contributed by atoms with Gasteiger partial charge >= 0.3 is 0 Å². The van der Waals surface area contributed by atoms with Crippen LogP contribution >= 0.6 is 0 Å². The van der Waals surface area contributed by atoms with E-state index < -0.39 is 0 Å². The lowest BCUT2D eigenvalue weighted by atomic mass is 9.93. The first kappa shape index (κ1) is 12.4. The minimum atomic E-state index is 0.666. The third-order valence-electron chi connectivity index (χ3n) is 4.36. The summed E-state index contributed by atoms with van der Waals surface area (Å²) in [5, 5.41) is 3.67. The zero-order valence-electron chi connectivity index (χ0n) is 10.9. The molecule has 0 aromatic heterocycles. The first-order valence-corrected chi connectivity index (χ1v) is 6.79. The normalized spacial score (nSPS) is 28.5. The summed E-state index contributed by atoms with van der Waals surface area (Å²) >= 11 is 0. The second kappa shape index (κ2) is 5.54. The van der Waals surface area contributed by atoms with Crippen LogP contribution < -0.4 is 11.1 Å². The van der Waals surface area contributed by atoms with Gasteiger partial charge in [-0.2, -0.15) is 0 Å². The molecule has 2 rings (SSSR count). The molecular formula is C15H24N2. The lowest BCUT2D eigenvalue weighted by Crippen LogP contribution is -2.32. The Balaban J connectivity index is 1.89. The van der Waals surface area contributed by atoms with E-state index in [1.54, 1.807) is 0 Å². The van der Waals surface area contributed by atoms with Crippen LogP contribution in [0.3, 0.4) is 0 Å². The van der Waals surface area contributed by atoms with E-state index in [1.165, 1.54) is 24.8 Å². The van der Waals surface area contributed by atoms with Gasteiger partial charge in [-0.05, 0) is 36.3 Å². The van der Waals surface area contributed by atoms with E-state index in [0.717, 1.165) is 24.1 Å². The molecule has 0 radical (unpaired) electrons.